The number of halogens is 2. The minimum absolute atomic E-state index is 0.297. The van der Waals surface area contributed by atoms with Gasteiger partial charge in [0.2, 0.25) is 0 Å². The second-order valence-corrected chi connectivity index (χ2v) is 5.41. The van der Waals surface area contributed by atoms with Crippen molar-refractivity contribution in [2.75, 3.05) is 5.75 Å². The van der Waals surface area contributed by atoms with Crippen LogP contribution in [0.25, 0.3) is 0 Å². The van der Waals surface area contributed by atoms with Crippen molar-refractivity contribution in [3.8, 4) is 0 Å². The first-order valence-corrected chi connectivity index (χ1v) is 6.66. The monoisotopic (exact) mass is 260 g/mol. The minimum Gasteiger partial charge on any atom is -0.271 e. The average Bonchev–Trinajstić information content (AvgIpc) is 2.31. The highest BCUT2D eigenvalue weighted by molar-refractivity contribution is 7.99. The molecule has 17 heavy (non-hydrogen) atoms. The van der Waals surface area contributed by atoms with Gasteiger partial charge in [-0.05, 0) is 12.5 Å². The number of benzene rings is 1. The molecule has 1 rings (SSSR count). The summed E-state index contributed by atoms with van der Waals surface area (Å²) in [5.74, 6) is 4.95. The van der Waals surface area contributed by atoms with Crippen LogP contribution in [0.15, 0.2) is 18.2 Å². The zero-order chi connectivity index (χ0) is 12.8. The van der Waals surface area contributed by atoms with E-state index in [1.165, 1.54) is 12.1 Å². The Hall–Kier alpha value is -0.650. The van der Waals surface area contributed by atoms with Gasteiger partial charge in [0, 0.05) is 22.6 Å². The molecular weight excluding hydrogens is 242 g/mol. The zero-order valence-corrected chi connectivity index (χ0v) is 10.9. The molecule has 0 aliphatic carbocycles. The van der Waals surface area contributed by atoms with E-state index in [9.17, 15) is 8.78 Å². The van der Waals surface area contributed by atoms with Gasteiger partial charge >= 0.3 is 0 Å². The quantitative estimate of drug-likeness (QED) is 0.610. The van der Waals surface area contributed by atoms with Crippen molar-refractivity contribution >= 4 is 11.8 Å². The molecule has 0 fully saturated rings. The predicted octanol–water partition coefficient (Wildman–Crippen LogP) is 3.00. The summed E-state index contributed by atoms with van der Waals surface area (Å²) >= 11 is 1.71. The van der Waals surface area contributed by atoms with E-state index >= 15 is 0 Å². The second-order valence-electron chi connectivity index (χ2n) is 3.94. The first-order chi connectivity index (χ1) is 8.08. The molecule has 3 N–H and O–H groups in total. The normalized spacial score (nSPS) is 14.6. The van der Waals surface area contributed by atoms with Crippen molar-refractivity contribution < 1.29 is 8.78 Å². The molecule has 0 aliphatic rings. The van der Waals surface area contributed by atoms with E-state index in [1.807, 2.05) is 0 Å². The van der Waals surface area contributed by atoms with E-state index in [4.69, 9.17) is 5.84 Å². The number of nitrogens with one attached hydrogen (secondary N) is 1. The lowest BCUT2D eigenvalue weighted by atomic mass is 10.1. The fourth-order valence-electron chi connectivity index (χ4n) is 1.39. The third-order valence-corrected chi connectivity index (χ3v) is 4.09. The van der Waals surface area contributed by atoms with Gasteiger partial charge in [0.25, 0.3) is 0 Å². The molecule has 2 atom stereocenters. The molecule has 2 nitrogen and oxygen atoms in total. The molecule has 2 unspecified atom stereocenters. The van der Waals surface area contributed by atoms with Gasteiger partial charge in [-0.1, -0.05) is 19.9 Å². The summed E-state index contributed by atoms with van der Waals surface area (Å²) in [5, 5.41) is 0.495. The van der Waals surface area contributed by atoms with Crippen LogP contribution >= 0.6 is 11.8 Å². The van der Waals surface area contributed by atoms with Gasteiger partial charge in [0.1, 0.15) is 11.6 Å². The van der Waals surface area contributed by atoms with E-state index in [-0.39, 0.29) is 6.04 Å². The Bertz CT molecular complexity index is 360. The number of rotatable bonds is 6. The van der Waals surface area contributed by atoms with Crippen molar-refractivity contribution in [3.63, 3.8) is 0 Å². The highest BCUT2D eigenvalue weighted by Crippen LogP contribution is 2.24. The predicted molar refractivity (Wildman–Crippen MR) is 68.6 cm³/mol. The molecule has 0 heterocycles. The summed E-state index contributed by atoms with van der Waals surface area (Å²) in [6, 6.07) is 3.27. The highest BCUT2D eigenvalue weighted by Gasteiger charge is 2.16. The van der Waals surface area contributed by atoms with Gasteiger partial charge in [-0.25, -0.2) is 8.78 Å². The highest BCUT2D eigenvalue weighted by atomic mass is 32.2. The lowest BCUT2D eigenvalue weighted by Gasteiger charge is -2.18. The van der Waals surface area contributed by atoms with Gasteiger partial charge in [-0.15, -0.1) is 0 Å². The van der Waals surface area contributed by atoms with Crippen LogP contribution in [0, 0.1) is 11.6 Å². The van der Waals surface area contributed by atoms with Crippen molar-refractivity contribution in [2.45, 2.75) is 31.6 Å². The molecule has 0 saturated carbocycles. The zero-order valence-electron chi connectivity index (χ0n) is 10.0. The standard InChI is InChI=1S/C12H18F2N2S/c1-3-8(2)17-7-12(16-15)10-5-4-9(13)6-11(10)14/h4-6,8,12,16H,3,7,15H2,1-2H3. The smallest absolute Gasteiger partial charge is 0.130 e. The fourth-order valence-corrected chi connectivity index (χ4v) is 2.42. The molecule has 96 valence electrons. The molecule has 1 aromatic carbocycles. The minimum atomic E-state index is -0.573. The summed E-state index contributed by atoms with van der Waals surface area (Å²) in [6.07, 6.45) is 1.05. The molecule has 0 spiro atoms. The maximum absolute atomic E-state index is 13.5. The van der Waals surface area contributed by atoms with Crippen LogP contribution in [0.5, 0.6) is 0 Å². The number of nitrogens with two attached hydrogens (primary N) is 1. The largest absolute Gasteiger partial charge is 0.271 e. The first-order valence-electron chi connectivity index (χ1n) is 5.61. The summed E-state index contributed by atoms with van der Waals surface area (Å²) in [6.45, 7) is 4.21. The number of hydrogen-bond acceptors (Lipinski definition) is 3. The van der Waals surface area contributed by atoms with Crippen molar-refractivity contribution in [2.24, 2.45) is 5.84 Å². The van der Waals surface area contributed by atoms with Crippen molar-refractivity contribution in [3.05, 3.63) is 35.4 Å². The number of thioether (sulfide) groups is 1. The lowest BCUT2D eigenvalue weighted by molar-refractivity contribution is 0.531. The van der Waals surface area contributed by atoms with Gasteiger partial charge in [-0.3, -0.25) is 11.3 Å². The molecule has 0 aromatic heterocycles. The van der Waals surface area contributed by atoms with Gasteiger partial charge in [-0.2, -0.15) is 11.8 Å². The maximum atomic E-state index is 13.5. The van der Waals surface area contributed by atoms with Crippen LogP contribution in [0.3, 0.4) is 0 Å². The Labute approximate surface area is 105 Å². The molecule has 5 heteroatoms. The Morgan fingerprint density at radius 2 is 2.12 bits per heavy atom. The Morgan fingerprint density at radius 3 is 2.65 bits per heavy atom. The van der Waals surface area contributed by atoms with Crippen LogP contribution in [0.2, 0.25) is 0 Å². The second kappa shape index (κ2) is 6.93. The van der Waals surface area contributed by atoms with Crippen LogP contribution in [0.1, 0.15) is 31.9 Å². The third-order valence-electron chi connectivity index (χ3n) is 2.66. The van der Waals surface area contributed by atoms with Crippen LogP contribution in [-0.2, 0) is 0 Å². The number of hydrazine groups is 1. The third kappa shape index (κ3) is 4.26. The molecule has 0 radical (unpaired) electrons. The van der Waals surface area contributed by atoms with Crippen LogP contribution in [-0.4, -0.2) is 11.0 Å². The summed E-state index contributed by atoms with van der Waals surface area (Å²) < 4.78 is 26.3. The lowest BCUT2D eigenvalue weighted by Crippen LogP contribution is -2.30. The van der Waals surface area contributed by atoms with Gasteiger partial charge < -0.3 is 0 Å². The number of hydrogen-bond donors (Lipinski definition) is 2. The fraction of sp³-hybridized carbons (Fsp3) is 0.500. The molecule has 0 bridgehead atoms. The van der Waals surface area contributed by atoms with Crippen molar-refractivity contribution in [1.82, 2.24) is 5.43 Å². The Balaban J connectivity index is 2.72. The average molecular weight is 260 g/mol. The molecule has 1 aromatic rings. The van der Waals surface area contributed by atoms with E-state index in [1.54, 1.807) is 11.8 Å². The van der Waals surface area contributed by atoms with Gasteiger partial charge in [0.05, 0.1) is 6.04 Å². The summed E-state index contributed by atoms with van der Waals surface area (Å²) in [7, 11) is 0. The van der Waals surface area contributed by atoms with E-state index in [0.717, 1.165) is 12.5 Å². The van der Waals surface area contributed by atoms with E-state index < -0.39 is 11.6 Å². The van der Waals surface area contributed by atoms with Gasteiger partial charge in [0.15, 0.2) is 0 Å². The van der Waals surface area contributed by atoms with Crippen molar-refractivity contribution in [1.29, 1.82) is 0 Å². The first kappa shape index (κ1) is 14.4. The van der Waals surface area contributed by atoms with E-state index in [0.29, 0.717) is 16.6 Å². The molecule has 0 aliphatic heterocycles. The molecular formula is C12H18F2N2S. The Kier molecular flexibility index (Phi) is 5.88. The summed E-state index contributed by atoms with van der Waals surface area (Å²) in [4.78, 5) is 0. The van der Waals surface area contributed by atoms with E-state index in [2.05, 4.69) is 19.3 Å². The van der Waals surface area contributed by atoms with Crippen LogP contribution in [0.4, 0.5) is 8.78 Å². The maximum Gasteiger partial charge on any atom is 0.130 e. The van der Waals surface area contributed by atoms with Crippen LogP contribution < -0.4 is 11.3 Å². The SMILES string of the molecule is CCC(C)SCC(NN)c1ccc(F)cc1F. The Morgan fingerprint density at radius 1 is 1.41 bits per heavy atom. The topological polar surface area (TPSA) is 38.0 Å². The molecule has 0 amide bonds. The summed E-state index contributed by atoms with van der Waals surface area (Å²) in [5.41, 5.74) is 2.98. The molecule has 0 saturated heterocycles.